The highest BCUT2D eigenvalue weighted by atomic mass is 28.4. The third-order valence-electron chi connectivity index (χ3n) is 3.48. The fourth-order valence-electron chi connectivity index (χ4n) is 2.36. The van der Waals surface area contributed by atoms with E-state index in [1.54, 1.807) is 14.2 Å². The van der Waals surface area contributed by atoms with Gasteiger partial charge in [-0.15, -0.1) is 0 Å². The minimum atomic E-state index is -2.04. The molecular formula is C10H22O3Si. The van der Waals surface area contributed by atoms with E-state index in [1.807, 2.05) is 0 Å². The van der Waals surface area contributed by atoms with E-state index in [4.69, 9.17) is 13.6 Å². The summed E-state index contributed by atoms with van der Waals surface area (Å²) in [6, 6.07) is 1.07. The lowest BCUT2D eigenvalue weighted by Crippen LogP contribution is -2.60. The van der Waals surface area contributed by atoms with Crippen LogP contribution in [0, 0.1) is 0 Å². The predicted molar refractivity (Wildman–Crippen MR) is 58.7 cm³/mol. The second kappa shape index (κ2) is 4.75. The Hall–Kier alpha value is 0.0969. The summed E-state index contributed by atoms with van der Waals surface area (Å²) in [5.74, 6) is 0. The first-order chi connectivity index (χ1) is 6.70. The number of rotatable bonds is 6. The molecule has 1 saturated heterocycles. The van der Waals surface area contributed by atoms with Crippen LogP contribution in [0.4, 0.5) is 0 Å². The Morgan fingerprint density at radius 3 is 2.00 bits per heavy atom. The molecule has 1 rings (SSSR count). The van der Waals surface area contributed by atoms with Crippen LogP contribution in [0.3, 0.4) is 0 Å². The van der Waals surface area contributed by atoms with E-state index in [2.05, 4.69) is 13.8 Å². The van der Waals surface area contributed by atoms with Crippen molar-refractivity contribution in [2.75, 3.05) is 27.4 Å². The Kier molecular flexibility index (Phi) is 4.12. The zero-order chi connectivity index (χ0) is 10.7. The van der Waals surface area contributed by atoms with Gasteiger partial charge in [-0.05, 0) is 12.5 Å². The molecule has 1 aliphatic rings. The third kappa shape index (κ3) is 1.64. The van der Waals surface area contributed by atoms with Crippen molar-refractivity contribution in [3.63, 3.8) is 0 Å². The molecule has 0 radical (unpaired) electrons. The van der Waals surface area contributed by atoms with Gasteiger partial charge in [0.25, 0.3) is 0 Å². The summed E-state index contributed by atoms with van der Waals surface area (Å²) < 4.78 is 16.9. The van der Waals surface area contributed by atoms with Gasteiger partial charge in [0.1, 0.15) is 0 Å². The quantitative estimate of drug-likeness (QED) is 0.640. The standard InChI is InChI=1S/C10H22O3Si/c1-5-7-14(11-3,12-4)10(6-2)8-13-9-10/h5-9H2,1-4H3. The molecule has 0 aromatic heterocycles. The van der Waals surface area contributed by atoms with Crippen LogP contribution in [0.15, 0.2) is 0 Å². The summed E-state index contributed by atoms with van der Waals surface area (Å²) >= 11 is 0. The van der Waals surface area contributed by atoms with E-state index in [-0.39, 0.29) is 5.04 Å². The summed E-state index contributed by atoms with van der Waals surface area (Å²) in [4.78, 5) is 0. The van der Waals surface area contributed by atoms with Crippen LogP contribution < -0.4 is 0 Å². The maximum absolute atomic E-state index is 5.76. The monoisotopic (exact) mass is 218 g/mol. The second-order valence-corrected chi connectivity index (χ2v) is 7.92. The second-order valence-electron chi connectivity index (χ2n) is 4.04. The van der Waals surface area contributed by atoms with E-state index >= 15 is 0 Å². The van der Waals surface area contributed by atoms with Crippen molar-refractivity contribution in [1.82, 2.24) is 0 Å². The normalized spacial score (nSPS) is 20.6. The van der Waals surface area contributed by atoms with Crippen molar-refractivity contribution in [1.29, 1.82) is 0 Å². The van der Waals surface area contributed by atoms with Crippen LogP contribution in [-0.4, -0.2) is 36.0 Å². The van der Waals surface area contributed by atoms with Crippen LogP contribution in [0.5, 0.6) is 0 Å². The molecule has 0 aromatic carbocycles. The lowest BCUT2D eigenvalue weighted by Gasteiger charge is -2.50. The molecule has 0 spiro atoms. The van der Waals surface area contributed by atoms with E-state index in [1.165, 1.54) is 0 Å². The molecule has 0 aliphatic carbocycles. The zero-order valence-electron chi connectivity index (χ0n) is 9.76. The molecule has 0 atom stereocenters. The lowest BCUT2D eigenvalue weighted by atomic mass is 10.0. The molecule has 0 amide bonds. The van der Waals surface area contributed by atoms with Crippen molar-refractivity contribution in [2.45, 2.75) is 37.8 Å². The molecule has 0 N–H and O–H groups in total. The van der Waals surface area contributed by atoms with Crippen LogP contribution in [0.1, 0.15) is 26.7 Å². The fraction of sp³-hybridized carbons (Fsp3) is 1.00. The lowest BCUT2D eigenvalue weighted by molar-refractivity contribution is -0.0487. The van der Waals surface area contributed by atoms with Crippen molar-refractivity contribution >= 4 is 8.56 Å². The molecule has 0 aromatic rings. The van der Waals surface area contributed by atoms with Crippen molar-refractivity contribution in [2.24, 2.45) is 0 Å². The Morgan fingerprint density at radius 2 is 1.79 bits per heavy atom. The van der Waals surface area contributed by atoms with Crippen molar-refractivity contribution < 1.29 is 13.6 Å². The summed E-state index contributed by atoms with van der Waals surface area (Å²) in [6.07, 6.45) is 2.22. The molecule has 4 heteroatoms. The van der Waals surface area contributed by atoms with Gasteiger partial charge in [0.05, 0.1) is 18.3 Å². The van der Waals surface area contributed by atoms with Crippen LogP contribution in [-0.2, 0) is 13.6 Å². The Bertz CT molecular complexity index is 171. The molecule has 1 heterocycles. The number of hydrogen-bond donors (Lipinski definition) is 0. The summed E-state index contributed by atoms with van der Waals surface area (Å²) in [7, 11) is 1.55. The van der Waals surface area contributed by atoms with E-state index in [9.17, 15) is 0 Å². The predicted octanol–water partition coefficient (Wildman–Crippen LogP) is 2.31. The van der Waals surface area contributed by atoms with Crippen molar-refractivity contribution in [3.8, 4) is 0 Å². The average molecular weight is 218 g/mol. The minimum absolute atomic E-state index is 0.201. The first-order valence-electron chi connectivity index (χ1n) is 5.38. The fourth-order valence-corrected chi connectivity index (χ4v) is 6.17. The maximum Gasteiger partial charge on any atom is 0.348 e. The van der Waals surface area contributed by atoms with Crippen LogP contribution >= 0.6 is 0 Å². The van der Waals surface area contributed by atoms with Gasteiger partial charge in [-0.25, -0.2) is 0 Å². The molecule has 3 nitrogen and oxygen atoms in total. The largest absolute Gasteiger partial charge is 0.397 e. The van der Waals surface area contributed by atoms with Crippen LogP contribution in [0.2, 0.25) is 11.1 Å². The van der Waals surface area contributed by atoms with Crippen molar-refractivity contribution in [3.05, 3.63) is 0 Å². The Balaban J connectivity index is 2.83. The zero-order valence-corrected chi connectivity index (χ0v) is 10.8. The minimum Gasteiger partial charge on any atom is -0.397 e. The van der Waals surface area contributed by atoms with Crippen LogP contribution in [0.25, 0.3) is 0 Å². The van der Waals surface area contributed by atoms with Gasteiger partial charge < -0.3 is 13.6 Å². The topological polar surface area (TPSA) is 27.7 Å². The Labute approximate surface area is 88.0 Å². The summed E-state index contributed by atoms with van der Waals surface area (Å²) in [5, 5.41) is 0.201. The molecule has 0 saturated carbocycles. The maximum atomic E-state index is 5.76. The van der Waals surface area contributed by atoms with E-state index in [0.717, 1.165) is 32.1 Å². The Morgan fingerprint density at radius 1 is 1.21 bits per heavy atom. The highest BCUT2D eigenvalue weighted by Gasteiger charge is 2.59. The smallest absolute Gasteiger partial charge is 0.348 e. The number of ether oxygens (including phenoxy) is 1. The van der Waals surface area contributed by atoms with Gasteiger partial charge >= 0.3 is 8.56 Å². The van der Waals surface area contributed by atoms with Gasteiger partial charge in [-0.2, -0.15) is 0 Å². The molecule has 1 fully saturated rings. The molecule has 1 aliphatic heterocycles. The van der Waals surface area contributed by atoms with Gasteiger partial charge in [-0.3, -0.25) is 0 Å². The highest BCUT2D eigenvalue weighted by molar-refractivity contribution is 6.71. The molecule has 14 heavy (non-hydrogen) atoms. The van der Waals surface area contributed by atoms with E-state index in [0.29, 0.717) is 0 Å². The highest BCUT2D eigenvalue weighted by Crippen LogP contribution is 2.50. The molecule has 0 unspecified atom stereocenters. The molecule has 0 bridgehead atoms. The first-order valence-corrected chi connectivity index (χ1v) is 7.40. The van der Waals surface area contributed by atoms with Gasteiger partial charge in [0.2, 0.25) is 0 Å². The number of hydrogen-bond acceptors (Lipinski definition) is 3. The van der Waals surface area contributed by atoms with Gasteiger partial charge in [-0.1, -0.05) is 20.3 Å². The third-order valence-corrected chi connectivity index (χ3v) is 8.22. The molecular weight excluding hydrogens is 196 g/mol. The SMILES string of the molecule is CCC[Si](OC)(OC)C1(CC)COC1. The summed E-state index contributed by atoms with van der Waals surface area (Å²) in [6.45, 7) is 6.02. The average Bonchev–Trinajstić information content (AvgIpc) is 2.15. The first kappa shape index (κ1) is 12.2. The van der Waals surface area contributed by atoms with E-state index < -0.39 is 8.56 Å². The van der Waals surface area contributed by atoms with Gasteiger partial charge in [0, 0.05) is 14.2 Å². The van der Waals surface area contributed by atoms with Gasteiger partial charge in [0.15, 0.2) is 0 Å². The summed E-state index contributed by atoms with van der Waals surface area (Å²) in [5.41, 5.74) is 0. The molecule has 84 valence electrons.